The van der Waals surface area contributed by atoms with E-state index >= 15 is 0 Å². The number of phosphoric ester groups is 1. The topological polar surface area (TPSA) is 217 Å². The second kappa shape index (κ2) is 24.0. The van der Waals surface area contributed by atoms with Crippen LogP contribution >= 0.6 is 7.82 Å². The standard InChI is InChI=1S/C40H63N6O9P/c1-3-4-5-6-7-8-9-10-11-12-13-14-15-16-17-18-23-51-27-33(52-26-32-20-19-31(24-41)25-43-32)28-53-56(49,50)54-29-35-37(47)38(48)40(2,55-35)36-22-21-34-39(42)44-30-45-46(34)36/h19-22,25,30,33,35,37-38,47-48H,3-18,23,26-29H2,1-2H3,(H,49,50)(H2,42,44,45)/t33-,35-,37-,38-,40+/m1/s1. The average Bonchev–Trinajstić information content (AvgIpc) is 3.74. The van der Waals surface area contributed by atoms with Crippen molar-refractivity contribution in [3.05, 3.63) is 53.7 Å². The van der Waals surface area contributed by atoms with Gasteiger partial charge < -0.3 is 35.1 Å². The van der Waals surface area contributed by atoms with Crippen molar-refractivity contribution >= 4 is 19.2 Å². The lowest BCUT2D eigenvalue weighted by Gasteiger charge is -2.27. The average molecular weight is 803 g/mol. The first-order valence-electron chi connectivity index (χ1n) is 20.4. The summed E-state index contributed by atoms with van der Waals surface area (Å²) in [7, 11) is -4.68. The molecule has 0 saturated carbocycles. The molecule has 1 saturated heterocycles. The van der Waals surface area contributed by atoms with Crippen LogP contribution in [0.5, 0.6) is 0 Å². The van der Waals surface area contributed by atoms with Crippen molar-refractivity contribution in [3.8, 4) is 6.07 Å². The number of aliphatic hydroxyl groups excluding tert-OH is 2. The van der Waals surface area contributed by atoms with Crippen LogP contribution in [0.15, 0.2) is 36.8 Å². The highest BCUT2D eigenvalue weighted by Crippen LogP contribution is 2.46. The molecule has 4 heterocycles. The lowest BCUT2D eigenvalue weighted by atomic mass is 9.93. The Morgan fingerprint density at radius 3 is 2.18 bits per heavy atom. The van der Waals surface area contributed by atoms with E-state index in [-0.39, 0.29) is 25.6 Å². The summed E-state index contributed by atoms with van der Waals surface area (Å²) in [5, 5.41) is 35.1. The zero-order valence-corrected chi connectivity index (χ0v) is 34.1. The van der Waals surface area contributed by atoms with E-state index in [0.29, 0.717) is 29.1 Å². The molecular formula is C40H63N6O9P. The van der Waals surface area contributed by atoms with E-state index in [4.69, 9.17) is 34.3 Å². The predicted octanol–water partition coefficient (Wildman–Crippen LogP) is 6.91. The van der Waals surface area contributed by atoms with Crippen LogP contribution in [0.2, 0.25) is 0 Å². The molecule has 56 heavy (non-hydrogen) atoms. The van der Waals surface area contributed by atoms with E-state index in [2.05, 4.69) is 22.0 Å². The first kappa shape index (κ1) is 45.7. The van der Waals surface area contributed by atoms with Crippen LogP contribution in [0, 0.1) is 11.3 Å². The Bertz CT molecular complexity index is 1660. The number of hydrogen-bond donors (Lipinski definition) is 4. The number of pyridine rings is 1. The van der Waals surface area contributed by atoms with Crippen molar-refractivity contribution in [2.75, 3.05) is 32.2 Å². The molecule has 16 heteroatoms. The van der Waals surface area contributed by atoms with Gasteiger partial charge in [-0.05, 0) is 37.6 Å². The molecule has 0 spiro atoms. The van der Waals surface area contributed by atoms with Crippen LogP contribution in [-0.2, 0) is 40.0 Å². The minimum atomic E-state index is -4.68. The van der Waals surface area contributed by atoms with Gasteiger partial charge in [-0.15, -0.1) is 0 Å². The summed E-state index contributed by atoms with van der Waals surface area (Å²) >= 11 is 0. The quantitative estimate of drug-likeness (QED) is 0.0414. The lowest BCUT2D eigenvalue weighted by molar-refractivity contribution is -0.0901. The Kier molecular flexibility index (Phi) is 19.6. The molecule has 1 unspecified atom stereocenters. The van der Waals surface area contributed by atoms with Crippen LogP contribution in [0.3, 0.4) is 0 Å². The van der Waals surface area contributed by atoms with Gasteiger partial charge in [0.05, 0.1) is 43.4 Å². The fraction of sp³-hybridized carbons (Fsp3) is 0.700. The van der Waals surface area contributed by atoms with Gasteiger partial charge in [-0.1, -0.05) is 103 Å². The third-order valence-corrected chi connectivity index (χ3v) is 11.3. The molecule has 4 rings (SSSR count). The number of aromatic nitrogens is 4. The Labute approximate surface area is 331 Å². The summed E-state index contributed by atoms with van der Waals surface area (Å²) < 4.78 is 42.9. The van der Waals surface area contributed by atoms with E-state index in [0.717, 1.165) is 19.3 Å². The van der Waals surface area contributed by atoms with Gasteiger partial charge in [-0.3, -0.25) is 14.0 Å². The van der Waals surface area contributed by atoms with Crippen LogP contribution in [-0.4, -0.2) is 85.5 Å². The molecule has 0 aromatic carbocycles. The molecule has 1 aliphatic heterocycles. The Morgan fingerprint density at radius 1 is 0.929 bits per heavy atom. The monoisotopic (exact) mass is 802 g/mol. The maximum atomic E-state index is 13.0. The molecule has 6 atom stereocenters. The smallest absolute Gasteiger partial charge is 0.387 e. The number of rotatable bonds is 29. The highest BCUT2D eigenvalue weighted by atomic mass is 31.2. The van der Waals surface area contributed by atoms with Gasteiger partial charge in [-0.2, -0.15) is 10.4 Å². The fourth-order valence-corrected chi connectivity index (χ4v) is 7.69. The maximum Gasteiger partial charge on any atom is 0.472 e. The first-order valence-corrected chi connectivity index (χ1v) is 21.9. The van der Waals surface area contributed by atoms with Crippen molar-refractivity contribution in [3.63, 3.8) is 0 Å². The number of unbranched alkanes of at least 4 members (excludes halogenated alkanes) is 15. The highest BCUT2D eigenvalue weighted by molar-refractivity contribution is 7.47. The van der Waals surface area contributed by atoms with Crippen LogP contribution in [0.4, 0.5) is 5.82 Å². The largest absolute Gasteiger partial charge is 0.472 e. The van der Waals surface area contributed by atoms with E-state index in [1.807, 2.05) is 6.07 Å². The third-order valence-electron chi connectivity index (χ3n) is 10.3. The van der Waals surface area contributed by atoms with Crippen molar-refractivity contribution < 1.29 is 42.9 Å². The normalized spacial score (nSPS) is 21.3. The number of nitrogen functional groups attached to an aromatic ring is 1. The number of ether oxygens (including phenoxy) is 3. The molecule has 0 aliphatic carbocycles. The molecule has 15 nitrogen and oxygen atoms in total. The fourth-order valence-electron chi connectivity index (χ4n) is 6.93. The Morgan fingerprint density at radius 2 is 1.57 bits per heavy atom. The Balaban J connectivity index is 1.16. The summed E-state index contributed by atoms with van der Waals surface area (Å²) in [5.74, 6) is 0.224. The molecule has 5 N–H and O–H groups in total. The lowest BCUT2D eigenvalue weighted by Crippen LogP contribution is -2.39. The first-order chi connectivity index (χ1) is 27.1. The van der Waals surface area contributed by atoms with Crippen LogP contribution in [0.1, 0.15) is 134 Å². The predicted molar refractivity (Wildman–Crippen MR) is 211 cm³/mol. The van der Waals surface area contributed by atoms with E-state index in [9.17, 15) is 19.7 Å². The van der Waals surface area contributed by atoms with Gasteiger partial charge in [0.2, 0.25) is 0 Å². The molecule has 0 radical (unpaired) electrons. The van der Waals surface area contributed by atoms with E-state index in [1.54, 1.807) is 31.2 Å². The number of fused-ring (bicyclic) bond motifs is 1. The number of phosphoric acid groups is 1. The van der Waals surface area contributed by atoms with Gasteiger partial charge in [0.1, 0.15) is 47.9 Å². The summed E-state index contributed by atoms with van der Waals surface area (Å²) in [6.07, 6.45) is 18.4. The molecule has 312 valence electrons. The Hall–Kier alpha value is -3.03. The van der Waals surface area contributed by atoms with Crippen molar-refractivity contribution in [2.24, 2.45) is 0 Å². The highest BCUT2D eigenvalue weighted by Gasteiger charge is 2.54. The number of nitrogens with zero attached hydrogens (tertiary/aromatic N) is 5. The van der Waals surface area contributed by atoms with Crippen molar-refractivity contribution in [1.29, 1.82) is 5.26 Å². The number of nitriles is 1. The summed E-state index contributed by atoms with van der Waals surface area (Å²) in [4.78, 5) is 18.8. The van der Waals surface area contributed by atoms with Gasteiger partial charge in [-0.25, -0.2) is 14.1 Å². The number of anilines is 1. The van der Waals surface area contributed by atoms with Crippen molar-refractivity contribution in [1.82, 2.24) is 19.6 Å². The van der Waals surface area contributed by atoms with Gasteiger partial charge in [0, 0.05) is 12.8 Å². The second-order valence-corrected chi connectivity index (χ2v) is 16.3. The molecule has 3 aromatic heterocycles. The molecule has 0 amide bonds. The maximum absolute atomic E-state index is 13.0. The molecular weight excluding hydrogens is 739 g/mol. The van der Waals surface area contributed by atoms with Gasteiger partial charge in [0.25, 0.3) is 0 Å². The second-order valence-electron chi connectivity index (χ2n) is 14.9. The molecule has 1 fully saturated rings. The SMILES string of the molecule is CCCCCCCCCCCCCCCCCCOC[C@H](COP(=O)(O)OC[C@H]1O[C@@](C)(c2ccc3c(N)ncnn23)[C@H](O)[C@@H]1O)OCc1ccc(C#N)cn1. The minimum Gasteiger partial charge on any atom is -0.387 e. The summed E-state index contributed by atoms with van der Waals surface area (Å²) in [6, 6.07) is 8.64. The third kappa shape index (κ3) is 14.4. The number of hydrogen-bond acceptors (Lipinski definition) is 13. The van der Waals surface area contributed by atoms with Gasteiger partial charge >= 0.3 is 7.82 Å². The molecule has 3 aromatic rings. The summed E-state index contributed by atoms with van der Waals surface area (Å²) in [5.41, 5.74) is 6.36. The minimum absolute atomic E-state index is 0.0578. The van der Waals surface area contributed by atoms with E-state index < -0.39 is 44.4 Å². The van der Waals surface area contributed by atoms with Crippen LogP contribution in [0.25, 0.3) is 5.52 Å². The molecule has 1 aliphatic rings. The zero-order valence-electron chi connectivity index (χ0n) is 33.2. The van der Waals surface area contributed by atoms with Gasteiger partial charge in [0.15, 0.2) is 5.82 Å². The number of nitrogens with two attached hydrogens (primary N) is 1. The summed E-state index contributed by atoms with van der Waals surface area (Å²) in [6.45, 7) is 3.60. The number of aliphatic hydroxyl groups is 2. The zero-order chi connectivity index (χ0) is 40.2. The van der Waals surface area contributed by atoms with E-state index in [1.165, 1.54) is 101 Å². The molecule has 0 bridgehead atoms. The van der Waals surface area contributed by atoms with Crippen LogP contribution < -0.4 is 5.73 Å². The van der Waals surface area contributed by atoms with Crippen molar-refractivity contribution in [2.45, 2.75) is 153 Å².